The normalized spacial score (nSPS) is 15.5. The van der Waals surface area contributed by atoms with Crippen LogP contribution in [-0.4, -0.2) is 27.2 Å². The van der Waals surface area contributed by atoms with E-state index in [0.717, 1.165) is 41.0 Å². The summed E-state index contributed by atoms with van der Waals surface area (Å²) in [5, 5.41) is 5.07. The third-order valence-corrected chi connectivity index (χ3v) is 5.91. The van der Waals surface area contributed by atoms with E-state index < -0.39 is 0 Å². The van der Waals surface area contributed by atoms with Crippen LogP contribution in [0, 0.1) is 5.92 Å². The molecule has 130 valence electrons. The number of rotatable bonds is 5. The van der Waals surface area contributed by atoms with E-state index in [0.29, 0.717) is 13.1 Å². The zero-order chi connectivity index (χ0) is 17.1. The number of thiazole rings is 1. The SMILES string of the molecule is O=C(C1CCCCC1)N(CCn1cccn1)c1nc2ccccc2s1. The van der Waals surface area contributed by atoms with Crippen molar-refractivity contribution in [3.63, 3.8) is 0 Å². The maximum atomic E-state index is 13.2. The molecule has 1 saturated carbocycles. The quantitative estimate of drug-likeness (QED) is 0.693. The maximum absolute atomic E-state index is 13.2. The number of carbonyl (C=O) groups is 1. The molecular formula is C19H22N4OS. The molecule has 5 nitrogen and oxygen atoms in total. The fourth-order valence-electron chi connectivity index (χ4n) is 3.48. The molecule has 0 atom stereocenters. The molecule has 0 aliphatic heterocycles. The van der Waals surface area contributed by atoms with Crippen LogP contribution in [0.1, 0.15) is 32.1 Å². The Labute approximate surface area is 151 Å². The molecule has 2 aromatic heterocycles. The predicted molar refractivity (Wildman–Crippen MR) is 101 cm³/mol. The van der Waals surface area contributed by atoms with Crippen molar-refractivity contribution in [2.45, 2.75) is 38.6 Å². The maximum Gasteiger partial charge on any atom is 0.231 e. The summed E-state index contributed by atoms with van der Waals surface area (Å²) in [5.74, 6) is 0.365. The van der Waals surface area contributed by atoms with E-state index in [2.05, 4.69) is 11.2 Å². The molecule has 3 aromatic rings. The minimum Gasteiger partial charge on any atom is -0.286 e. The molecule has 1 amide bonds. The summed E-state index contributed by atoms with van der Waals surface area (Å²) < 4.78 is 2.99. The molecule has 25 heavy (non-hydrogen) atoms. The van der Waals surface area contributed by atoms with Gasteiger partial charge in [-0.25, -0.2) is 4.98 Å². The van der Waals surface area contributed by atoms with Gasteiger partial charge in [-0.1, -0.05) is 42.7 Å². The average Bonchev–Trinajstić information content (AvgIpc) is 3.32. The van der Waals surface area contributed by atoms with E-state index in [1.807, 2.05) is 40.0 Å². The van der Waals surface area contributed by atoms with Crippen LogP contribution in [0.25, 0.3) is 10.2 Å². The molecule has 0 saturated heterocycles. The van der Waals surface area contributed by atoms with Crippen LogP contribution >= 0.6 is 11.3 Å². The number of para-hydroxylation sites is 1. The van der Waals surface area contributed by atoms with Gasteiger partial charge >= 0.3 is 0 Å². The molecular weight excluding hydrogens is 332 g/mol. The highest BCUT2D eigenvalue weighted by Crippen LogP contribution is 2.32. The first-order chi connectivity index (χ1) is 12.3. The Kier molecular flexibility index (Phi) is 4.78. The second-order valence-corrected chi connectivity index (χ2v) is 7.57. The van der Waals surface area contributed by atoms with Crippen LogP contribution in [0.15, 0.2) is 42.7 Å². The zero-order valence-corrected chi connectivity index (χ0v) is 15.0. The monoisotopic (exact) mass is 354 g/mol. The van der Waals surface area contributed by atoms with Crippen molar-refractivity contribution in [3.05, 3.63) is 42.7 Å². The second kappa shape index (κ2) is 7.35. The van der Waals surface area contributed by atoms with E-state index in [1.165, 1.54) is 6.42 Å². The number of aromatic nitrogens is 3. The average molecular weight is 354 g/mol. The molecule has 0 radical (unpaired) electrons. The second-order valence-electron chi connectivity index (χ2n) is 6.56. The van der Waals surface area contributed by atoms with Crippen molar-refractivity contribution < 1.29 is 4.79 Å². The number of fused-ring (bicyclic) bond motifs is 1. The van der Waals surface area contributed by atoms with Crippen molar-refractivity contribution in [2.24, 2.45) is 5.92 Å². The molecule has 4 rings (SSSR count). The summed E-state index contributed by atoms with van der Waals surface area (Å²) in [6.07, 6.45) is 9.27. The first kappa shape index (κ1) is 16.3. The minimum atomic E-state index is 0.137. The van der Waals surface area contributed by atoms with Crippen molar-refractivity contribution in [1.29, 1.82) is 0 Å². The first-order valence-electron chi connectivity index (χ1n) is 8.95. The Bertz CT molecular complexity index is 803. The van der Waals surface area contributed by atoms with Gasteiger partial charge in [0.2, 0.25) is 5.91 Å². The molecule has 0 spiro atoms. The van der Waals surface area contributed by atoms with Gasteiger partial charge in [-0.15, -0.1) is 0 Å². The van der Waals surface area contributed by atoms with Gasteiger partial charge in [-0.2, -0.15) is 5.10 Å². The lowest BCUT2D eigenvalue weighted by Gasteiger charge is -2.27. The summed E-state index contributed by atoms with van der Waals surface area (Å²) in [4.78, 5) is 19.8. The fourth-order valence-corrected chi connectivity index (χ4v) is 4.48. The van der Waals surface area contributed by atoms with Crippen LogP contribution < -0.4 is 4.90 Å². The summed E-state index contributed by atoms with van der Waals surface area (Å²) in [6.45, 7) is 1.29. The number of anilines is 1. The fraction of sp³-hybridized carbons (Fsp3) is 0.421. The molecule has 1 aliphatic carbocycles. The van der Waals surface area contributed by atoms with Crippen molar-refractivity contribution >= 4 is 32.6 Å². The highest BCUT2D eigenvalue weighted by Gasteiger charge is 2.28. The minimum absolute atomic E-state index is 0.137. The van der Waals surface area contributed by atoms with Crippen molar-refractivity contribution in [3.8, 4) is 0 Å². The number of nitrogens with zero attached hydrogens (tertiary/aromatic N) is 4. The van der Waals surface area contributed by atoms with Gasteiger partial charge in [0.15, 0.2) is 5.13 Å². The Hall–Kier alpha value is -2.21. The molecule has 1 fully saturated rings. The van der Waals surface area contributed by atoms with Gasteiger partial charge < -0.3 is 0 Å². The summed E-state index contributed by atoms with van der Waals surface area (Å²) in [7, 11) is 0. The van der Waals surface area contributed by atoms with Crippen LogP contribution in [0.3, 0.4) is 0 Å². The number of carbonyl (C=O) groups excluding carboxylic acids is 1. The summed E-state index contributed by atoms with van der Waals surface area (Å²) >= 11 is 1.60. The van der Waals surface area contributed by atoms with E-state index in [-0.39, 0.29) is 11.8 Å². The molecule has 0 bridgehead atoms. The predicted octanol–water partition coefficient (Wildman–Crippen LogP) is 4.11. The van der Waals surface area contributed by atoms with Crippen LogP contribution in [0.2, 0.25) is 0 Å². The largest absolute Gasteiger partial charge is 0.286 e. The van der Waals surface area contributed by atoms with E-state index in [4.69, 9.17) is 4.98 Å². The van der Waals surface area contributed by atoms with Gasteiger partial charge in [0.25, 0.3) is 0 Å². The number of amides is 1. The van der Waals surface area contributed by atoms with Crippen LogP contribution in [0.4, 0.5) is 5.13 Å². The van der Waals surface area contributed by atoms with Gasteiger partial charge in [0.05, 0.1) is 16.8 Å². The summed E-state index contributed by atoms with van der Waals surface area (Å²) in [5.41, 5.74) is 0.961. The molecule has 0 unspecified atom stereocenters. The third-order valence-electron chi connectivity index (χ3n) is 4.85. The Balaban J connectivity index is 1.60. The topological polar surface area (TPSA) is 51.0 Å². The smallest absolute Gasteiger partial charge is 0.231 e. The van der Waals surface area contributed by atoms with Gasteiger partial charge in [-0.05, 0) is 31.0 Å². The first-order valence-corrected chi connectivity index (χ1v) is 9.77. The Morgan fingerprint density at radius 2 is 2.04 bits per heavy atom. The number of hydrogen-bond donors (Lipinski definition) is 0. The number of benzene rings is 1. The molecule has 1 aliphatic rings. The van der Waals surface area contributed by atoms with Gasteiger partial charge in [0.1, 0.15) is 0 Å². The van der Waals surface area contributed by atoms with E-state index in [9.17, 15) is 4.79 Å². The number of hydrogen-bond acceptors (Lipinski definition) is 4. The highest BCUT2D eigenvalue weighted by atomic mass is 32.1. The molecule has 1 aromatic carbocycles. The standard InChI is InChI=1S/C19H22N4OS/c24-18(15-7-2-1-3-8-15)23(14-13-22-12-6-11-20-22)19-21-16-9-4-5-10-17(16)25-19/h4-6,9-12,15H,1-3,7-8,13-14H2. The molecule has 2 heterocycles. The lowest BCUT2D eigenvalue weighted by molar-refractivity contribution is -0.123. The Morgan fingerprint density at radius 1 is 1.20 bits per heavy atom. The zero-order valence-electron chi connectivity index (χ0n) is 14.2. The van der Waals surface area contributed by atoms with Crippen LogP contribution in [-0.2, 0) is 11.3 Å². The Morgan fingerprint density at radius 3 is 2.80 bits per heavy atom. The lowest BCUT2D eigenvalue weighted by Crippen LogP contribution is -2.39. The van der Waals surface area contributed by atoms with Gasteiger partial charge in [-0.3, -0.25) is 14.4 Å². The van der Waals surface area contributed by atoms with Crippen molar-refractivity contribution in [1.82, 2.24) is 14.8 Å². The third kappa shape index (κ3) is 3.58. The van der Waals surface area contributed by atoms with Crippen LogP contribution in [0.5, 0.6) is 0 Å². The molecule has 6 heteroatoms. The van der Waals surface area contributed by atoms with Gasteiger partial charge in [0, 0.05) is 24.9 Å². The van der Waals surface area contributed by atoms with E-state index in [1.54, 1.807) is 17.5 Å². The van der Waals surface area contributed by atoms with E-state index >= 15 is 0 Å². The highest BCUT2D eigenvalue weighted by molar-refractivity contribution is 7.22. The molecule has 0 N–H and O–H groups in total. The van der Waals surface area contributed by atoms with Crippen molar-refractivity contribution in [2.75, 3.05) is 11.4 Å². The summed E-state index contributed by atoms with van der Waals surface area (Å²) in [6, 6.07) is 9.98. The lowest BCUT2D eigenvalue weighted by atomic mass is 9.88.